The lowest BCUT2D eigenvalue weighted by Crippen LogP contribution is -2.03. The summed E-state index contributed by atoms with van der Waals surface area (Å²) < 4.78 is 0. The van der Waals surface area contributed by atoms with Gasteiger partial charge in [-0.05, 0) is 104 Å². The molecule has 0 aliphatic heterocycles. The highest BCUT2D eigenvalue weighted by atomic mass is 14.9. The molecule has 0 saturated heterocycles. The van der Waals surface area contributed by atoms with Crippen molar-refractivity contribution in [2.75, 3.05) is 0 Å². The molecule has 9 rings (SSSR count). The van der Waals surface area contributed by atoms with Crippen molar-refractivity contribution < 1.29 is 0 Å². The van der Waals surface area contributed by atoms with Crippen LogP contribution >= 0.6 is 0 Å². The van der Waals surface area contributed by atoms with Gasteiger partial charge in [0.2, 0.25) is 0 Å². The summed E-state index contributed by atoms with van der Waals surface area (Å²) in [5.41, 5.74) is 9.71. The summed E-state index contributed by atoms with van der Waals surface area (Å²) in [6.07, 6.45) is 0. The number of nitrogens with one attached hydrogen (secondary N) is 1. The van der Waals surface area contributed by atoms with E-state index in [2.05, 4.69) is 157 Å². The molecule has 0 aromatic heterocycles. The standard InChI is InChI=1S/C45H31N3.C7H8/c1-47-45(31-14-6-3-7-15-31)48-44(46)37-19-11-18-34(27-37)32-16-10-17-33(26-32)36-23-25-41-40-24-22-35(30-12-4-2-5-13-30)28-42(40)38-20-8-9-21-39(38)43(41)29-36;1-7-5-3-2-4-6-7/h2-29,46H,1H2;2-6H,1H3. The molecule has 0 heterocycles. The van der Waals surface area contributed by atoms with Crippen molar-refractivity contribution in [2.24, 2.45) is 9.98 Å². The Morgan fingerprint density at radius 1 is 0.382 bits per heavy atom. The van der Waals surface area contributed by atoms with Crippen molar-refractivity contribution >= 4 is 50.7 Å². The van der Waals surface area contributed by atoms with Gasteiger partial charge in [0.15, 0.2) is 11.7 Å². The topological polar surface area (TPSA) is 48.6 Å². The molecule has 9 aromatic rings. The number of amidine groups is 2. The molecule has 0 aliphatic carbocycles. The van der Waals surface area contributed by atoms with Gasteiger partial charge in [-0.2, -0.15) is 0 Å². The molecule has 0 amide bonds. The summed E-state index contributed by atoms with van der Waals surface area (Å²) in [5.74, 6) is 0.574. The lowest BCUT2D eigenvalue weighted by atomic mass is 9.90. The van der Waals surface area contributed by atoms with Gasteiger partial charge < -0.3 is 0 Å². The Balaban J connectivity index is 0.000000551. The highest BCUT2D eigenvalue weighted by molar-refractivity contribution is 6.26. The second kappa shape index (κ2) is 15.8. The fourth-order valence-electron chi connectivity index (χ4n) is 7.15. The first-order valence-corrected chi connectivity index (χ1v) is 18.4. The van der Waals surface area contributed by atoms with E-state index in [4.69, 9.17) is 5.41 Å². The second-order valence-electron chi connectivity index (χ2n) is 13.6. The maximum Gasteiger partial charge on any atom is 0.161 e. The van der Waals surface area contributed by atoms with Gasteiger partial charge in [0, 0.05) is 11.1 Å². The number of hydrogen-bond acceptors (Lipinski definition) is 1. The van der Waals surface area contributed by atoms with Crippen molar-refractivity contribution in [3.05, 3.63) is 217 Å². The van der Waals surface area contributed by atoms with Crippen molar-refractivity contribution in [3.8, 4) is 33.4 Å². The molecule has 3 heteroatoms. The molecule has 0 aliphatic rings. The van der Waals surface area contributed by atoms with Crippen molar-refractivity contribution in [2.45, 2.75) is 6.92 Å². The van der Waals surface area contributed by atoms with Gasteiger partial charge in [-0.1, -0.05) is 181 Å². The normalized spacial score (nSPS) is 11.3. The van der Waals surface area contributed by atoms with E-state index in [-0.39, 0.29) is 5.84 Å². The third kappa shape index (κ3) is 7.50. The smallest absolute Gasteiger partial charge is 0.161 e. The number of rotatable bonds is 5. The first-order chi connectivity index (χ1) is 27.1. The molecule has 0 spiro atoms. The summed E-state index contributed by atoms with van der Waals surface area (Å²) >= 11 is 0. The molecule has 1 N–H and O–H groups in total. The van der Waals surface area contributed by atoms with Crippen LogP contribution in [0.15, 0.2) is 210 Å². The van der Waals surface area contributed by atoms with Crippen LogP contribution in [0.1, 0.15) is 16.7 Å². The Morgan fingerprint density at radius 3 is 1.35 bits per heavy atom. The summed E-state index contributed by atoms with van der Waals surface area (Å²) in [7, 11) is 0. The van der Waals surface area contributed by atoms with Crippen LogP contribution in [0.25, 0.3) is 65.7 Å². The van der Waals surface area contributed by atoms with Crippen LogP contribution in [-0.2, 0) is 0 Å². The second-order valence-corrected chi connectivity index (χ2v) is 13.6. The number of aryl methyl sites for hydroxylation is 1. The molecular weight excluding hydrogens is 667 g/mol. The molecule has 0 fully saturated rings. The van der Waals surface area contributed by atoms with Gasteiger partial charge in [-0.25, -0.2) is 9.98 Å². The van der Waals surface area contributed by atoms with Gasteiger partial charge in [0.1, 0.15) is 0 Å². The van der Waals surface area contributed by atoms with Gasteiger partial charge in [0.25, 0.3) is 0 Å². The van der Waals surface area contributed by atoms with Crippen LogP contribution in [0, 0.1) is 12.3 Å². The van der Waals surface area contributed by atoms with E-state index in [9.17, 15) is 0 Å². The summed E-state index contributed by atoms with van der Waals surface area (Å²) in [6, 6.07) is 69.5. The quantitative estimate of drug-likeness (QED) is 0.105. The molecule has 3 nitrogen and oxygen atoms in total. The van der Waals surface area contributed by atoms with Gasteiger partial charge >= 0.3 is 0 Å². The lowest BCUT2D eigenvalue weighted by molar-refractivity contribution is 1.40. The first kappa shape index (κ1) is 34.8. The summed E-state index contributed by atoms with van der Waals surface area (Å²) in [5, 5.41) is 16.3. The number of aliphatic imine (C=N–C) groups is 2. The number of fused-ring (bicyclic) bond motifs is 6. The molecule has 0 bridgehead atoms. The highest BCUT2D eigenvalue weighted by Gasteiger charge is 2.12. The fourth-order valence-corrected chi connectivity index (χ4v) is 7.15. The van der Waals surface area contributed by atoms with Crippen molar-refractivity contribution in [1.82, 2.24) is 0 Å². The molecular formula is C52H39N3. The summed E-state index contributed by atoms with van der Waals surface area (Å²) in [6.45, 7) is 5.76. The zero-order valence-electron chi connectivity index (χ0n) is 30.7. The van der Waals surface area contributed by atoms with E-state index in [1.54, 1.807) is 0 Å². The average molecular weight is 706 g/mol. The zero-order chi connectivity index (χ0) is 37.6. The minimum atomic E-state index is 0.142. The minimum absolute atomic E-state index is 0.142. The van der Waals surface area contributed by atoms with E-state index in [1.165, 1.54) is 49.0 Å². The maximum absolute atomic E-state index is 8.73. The van der Waals surface area contributed by atoms with E-state index >= 15 is 0 Å². The largest absolute Gasteiger partial charge is 0.282 e. The average Bonchev–Trinajstić information content (AvgIpc) is 3.26. The molecule has 262 valence electrons. The van der Waals surface area contributed by atoms with Gasteiger partial charge in [-0.15, -0.1) is 0 Å². The van der Waals surface area contributed by atoms with Crippen LogP contribution in [-0.4, -0.2) is 18.4 Å². The third-order valence-corrected chi connectivity index (χ3v) is 9.95. The maximum atomic E-state index is 8.73. The Morgan fingerprint density at radius 2 is 0.800 bits per heavy atom. The molecule has 9 aromatic carbocycles. The zero-order valence-corrected chi connectivity index (χ0v) is 30.7. The minimum Gasteiger partial charge on any atom is -0.282 e. The van der Waals surface area contributed by atoms with Gasteiger partial charge in [-0.3, -0.25) is 5.41 Å². The fraction of sp³-hybridized carbons (Fsp3) is 0.0192. The first-order valence-electron chi connectivity index (χ1n) is 18.4. The van der Waals surface area contributed by atoms with Crippen LogP contribution < -0.4 is 0 Å². The summed E-state index contributed by atoms with van der Waals surface area (Å²) in [4.78, 5) is 8.58. The Bertz CT molecular complexity index is 2820. The van der Waals surface area contributed by atoms with Crippen LogP contribution in [0.4, 0.5) is 0 Å². The lowest BCUT2D eigenvalue weighted by Gasteiger charge is -2.14. The molecule has 55 heavy (non-hydrogen) atoms. The van der Waals surface area contributed by atoms with E-state index in [0.717, 1.165) is 33.4 Å². The molecule has 0 unspecified atom stereocenters. The Labute approximate surface area is 322 Å². The molecule has 0 saturated carbocycles. The number of nitrogens with zero attached hydrogens (tertiary/aromatic N) is 2. The Hall–Kier alpha value is -7.23. The highest BCUT2D eigenvalue weighted by Crippen LogP contribution is 2.39. The molecule has 0 radical (unpaired) electrons. The monoisotopic (exact) mass is 705 g/mol. The van der Waals surface area contributed by atoms with E-state index in [1.807, 2.05) is 66.7 Å². The predicted molar refractivity (Wildman–Crippen MR) is 236 cm³/mol. The number of benzene rings is 9. The van der Waals surface area contributed by atoms with E-state index < -0.39 is 0 Å². The Kier molecular flexibility index (Phi) is 10.0. The third-order valence-electron chi connectivity index (χ3n) is 9.95. The van der Waals surface area contributed by atoms with Crippen LogP contribution in [0.3, 0.4) is 0 Å². The predicted octanol–water partition coefficient (Wildman–Crippen LogP) is 13.6. The number of hydrogen-bond donors (Lipinski definition) is 1. The van der Waals surface area contributed by atoms with Gasteiger partial charge in [0.05, 0.1) is 0 Å². The van der Waals surface area contributed by atoms with E-state index in [0.29, 0.717) is 5.84 Å². The van der Waals surface area contributed by atoms with Crippen molar-refractivity contribution in [3.63, 3.8) is 0 Å². The van der Waals surface area contributed by atoms with Crippen LogP contribution in [0.2, 0.25) is 0 Å². The van der Waals surface area contributed by atoms with Crippen molar-refractivity contribution in [1.29, 1.82) is 5.41 Å². The molecule has 0 atom stereocenters. The SMILES string of the molecule is C=NC(=NC(=N)c1cccc(-c2cccc(-c3ccc4c5ccc(-c6ccccc6)cc5c5ccccc5c4c3)c2)c1)c1ccccc1.Cc1ccccc1. The van der Waals surface area contributed by atoms with Crippen LogP contribution in [0.5, 0.6) is 0 Å².